The van der Waals surface area contributed by atoms with Crippen molar-refractivity contribution in [3.8, 4) is 5.75 Å². The van der Waals surface area contributed by atoms with E-state index in [1.54, 1.807) is 6.07 Å². The van der Waals surface area contributed by atoms with Gasteiger partial charge in [0.2, 0.25) is 0 Å². The smallest absolute Gasteiger partial charge is 0.274 e. The van der Waals surface area contributed by atoms with Crippen LogP contribution in [0.2, 0.25) is 0 Å². The van der Waals surface area contributed by atoms with Crippen molar-refractivity contribution >= 4 is 5.91 Å². The highest BCUT2D eigenvalue weighted by Crippen LogP contribution is 2.21. The lowest BCUT2D eigenvalue weighted by molar-refractivity contribution is 0.0620. The molecule has 136 valence electrons. The molecule has 1 aliphatic carbocycles. The Labute approximate surface area is 153 Å². The first kappa shape index (κ1) is 17.0. The summed E-state index contributed by atoms with van der Waals surface area (Å²) in [7, 11) is 0. The molecule has 0 spiro atoms. The Morgan fingerprint density at radius 3 is 2.62 bits per heavy atom. The van der Waals surface area contributed by atoms with Crippen LogP contribution in [-0.2, 0) is 19.4 Å². The fraction of sp³-hybridized carbons (Fsp3) is 0.450. The number of fused-ring (bicyclic) bond motifs is 1. The summed E-state index contributed by atoms with van der Waals surface area (Å²) in [5.74, 6) is 0.309. The molecule has 6 nitrogen and oxygen atoms in total. The first-order valence-electron chi connectivity index (χ1n) is 9.35. The molecule has 26 heavy (non-hydrogen) atoms. The van der Waals surface area contributed by atoms with E-state index in [2.05, 4.69) is 15.1 Å². The van der Waals surface area contributed by atoms with Gasteiger partial charge in [0.15, 0.2) is 5.69 Å². The largest absolute Gasteiger partial charge is 0.508 e. The van der Waals surface area contributed by atoms with Crippen molar-refractivity contribution in [1.82, 2.24) is 20.0 Å². The molecule has 4 rings (SSSR count). The Bertz CT molecular complexity index is 800. The van der Waals surface area contributed by atoms with Gasteiger partial charge in [-0.3, -0.25) is 9.69 Å². The molecular weight excluding hydrogens is 328 g/mol. The van der Waals surface area contributed by atoms with Gasteiger partial charge in [-0.1, -0.05) is 18.2 Å². The molecule has 1 fully saturated rings. The molecular formula is C20H24N4O2. The van der Waals surface area contributed by atoms with E-state index in [0.717, 1.165) is 50.0 Å². The van der Waals surface area contributed by atoms with Crippen LogP contribution in [0.1, 0.15) is 40.2 Å². The number of nitrogens with zero attached hydrogens (tertiary/aromatic N) is 4. The number of rotatable bonds is 3. The average Bonchev–Trinajstić information content (AvgIpc) is 2.69. The summed E-state index contributed by atoms with van der Waals surface area (Å²) in [6.07, 6.45) is 4.30. The number of carbonyl (C=O) groups excluding carboxylic acids is 1. The fourth-order valence-corrected chi connectivity index (χ4v) is 3.75. The molecule has 1 aliphatic heterocycles. The van der Waals surface area contributed by atoms with Crippen molar-refractivity contribution in [2.24, 2.45) is 0 Å². The monoisotopic (exact) mass is 352 g/mol. The molecule has 0 atom stereocenters. The molecule has 1 N–H and O–H groups in total. The summed E-state index contributed by atoms with van der Waals surface area (Å²) in [5.41, 5.74) is 3.64. The zero-order chi connectivity index (χ0) is 17.9. The second-order valence-corrected chi connectivity index (χ2v) is 7.11. The van der Waals surface area contributed by atoms with Crippen LogP contribution in [0.15, 0.2) is 30.3 Å². The molecule has 2 aromatic rings. The van der Waals surface area contributed by atoms with Crippen molar-refractivity contribution in [3.63, 3.8) is 0 Å². The molecule has 0 saturated carbocycles. The number of piperazine rings is 1. The number of phenolic OH excluding ortho intramolecular Hbond substituents is 1. The lowest BCUT2D eigenvalue weighted by atomic mass is 9.96. The van der Waals surface area contributed by atoms with E-state index < -0.39 is 0 Å². The van der Waals surface area contributed by atoms with Crippen molar-refractivity contribution in [1.29, 1.82) is 0 Å². The second-order valence-electron chi connectivity index (χ2n) is 7.11. The molecule has 1 saturated heterocycles. The van der Waals surface area contributed by atoms with Crippen molar-refractivity contribution < 1.29 is 9.90 Å². The van der Waals surface area contributed by atoms with Gasteiger partial charge >= 0.3 is 0 Å². The summed E-state index contributed by atoms with van der Waals surface area (Å²) in [5, 5.41) is 18.4. The molecule has 1 aromatic heterocycles. The number of aromatic hydroxyl groups is 1. The van der Waals surface area contributed by atoms with Gasteiger partial charge in [0.05, 0.1) is 5.69 Å². The highest BCUT2D eigenvalue weighted by atomic mass is 16.3. The minimum Gasteiger partial charge on any atom is -0.508 e. The van der Waals surface area contributed by atoms with Crippen LogP contribution < -0.4 is 0 Å². The third kappa shape index (κ3) is 3.55. The molecule has 6 heteroatoms. The number of hydrogen-bond acceptors (Lipinski definition) is 5. The molecule has 0 bridgehead atoms. The van der Waals surface area contributed by atoms with Crippen LogP contribution in [-0.4, -0.2) is 57.2 Å². The van der Waals surface area contributed by atoms with E-state index in [4.69, 9.17) is 0 Å². The highest BCUT2D eigenvalue weighted by Gasteiger charge is 2.25. The fourth-order valence-electron chi connectivity index (χ4n) is 3.75. The van der Waals surface area contributed by atoms with Crippen LogP contribution in [0.5, 0.6) is 5.75 Å². The second kappa shape index (κ2) is 7.41. The Hall–Kier alpha value is -2.47. The molecule has 2 aliphatic rings. The summed E-state index contributed by atoms with van der Waals surface area (Å²) >= 11 is 0. The number of aryl methyl sites for hydroxylation is 2. The van der Waals surface area contributed by atoms with Crippen LogP contribution in [0.4, 0.5) is 0 Å². The highest BCUT2D eigenvalue weighted by molar-refractivity contribution is 5.92. The van der Waals surface area contributed by atoms with Crippen LogP contribution in [0.25, 0.3) is 0 Å². The lowest BCUT2D eigenvalue weighted by Gasteiger charge is -2.34. The van der Waals surface area contributed by atoms with Gasteiger partial charge in [0.1, 0.15) is 5.75 Å². The standard InChI is InChI=1S/C20H24N4O2/c25-19-8-4-2-6-16(19)14-23-9-11-24(12-10-23)20(26)18-13-15-5-1-3-7-17(15)21-22-18/h2,4,6,8,13,25H,1,3,5,7,9-12,14H2. The number of para-hydroxylation sites is 1. The van der Waals surface area contributed by atoms with E-state index in [0.29, 0.717) is 31.1 Å². The maximum absolute atomic E-state index is 12.8. The predicted molar refractivity (Wildman–Crippen MR) is 98.0 cm³/mol. The number of amides is 1. The van der Waals surface area contributed by atoms with Gasteiger partial charge in [0.25, 0.3) is 5.91 Å². The first-order valence-corrected chi connectivity index (χ1v) is 9.35. The van der Waals surface area contributed by atoms with Crippen molar-refractivity contribution in [2.75, 3.05) is 26.2 Å². The van der Waals surface area contributed by atoms with E-state index in [1.807, 2.05) is 29.2 Å². The maximum atomic E-state index is 12.8. The van der Waals surface area contributed by atoms with Gasteiger partial charge < -0.3 is 10.0 Å². The van der Waals surface area contributed by atoms with E-state index >= 15 is 0 Å². The third-order valence-corrected chi connectivity index (χ3v) is 5.33. The summed E-state index contributed by atoms with van der Waals surface area (Å²) in [6.45, 7) is 3.63. The zero-order valence-electron chi connectivity index (χ0n) is 14.9. The zero-order valence-corrected chi connectivity index (χ0v) is 14.9. The van der Waals surface area contributed by atoms with Gasteiger partial charge in [-0.05, 0) is 43.4 Å². The quantitative estimate of drug-likeness (QED) is 0.915. The number of phenols is 1. The van der Waals surface area contributed by atoms with E-state index in [-0.39, 0.29) is 5.91 Å². The van der Waals surface area contributed by atoms with Crippen LogP contribution in [0.3, 0.4) is 0 Å². The molecule has 2 heterocycles. The van der Waals surface area contributed by atoms with Crippen LogP contribution in [0, 0.1) is 0 Å². The van der Waals surface area contributed by atoms with Gasteiger partial charge in [-0.15, -0.1) is 5.10 Å². The van der Waals surface area contributed by atoms with Gasteiger partial charge in [0, 0.05) is 38.3 Å². The minimum absolute atomic E-state index is 0.0203. The third-order valence-electron chi connectivity index (χ3n) is 5.33. The predicted octanol–water partition coefficient (Wildman–Crippen LogP) is 2.02. The van der Waals surface area contributed by atoms with Crippen molar-refractivity contribution in [2.45, 2.75) is 32.2 Å². The number of hydrogen-bond donors (Lipinski definition) is 1. The number of aromatic nitrogens is 2. The topological polar surface area (TPSA) is 69.6 Å². The SMILES string of the molecule is O=C(c1cc2c(nn1)CCCC2)N1CCN(Cc2ccccc2O)CC1. The molecule has 0 unspecified atom stereocenters. The number of benzene rings is 1. The van der Waals surface area contributed by atoms with Gasteiger partial charge in [-0.25, -0.2) is 0 Å². The number of carbonyl (C=O) groups is 1. The molecule has 1 amide bonds. The van der Waals surface area contributed by atoms with Crippen LogP contribution >= 0.6 is 0 Å². The Morgan fingerprint density at radius 1 is 1.04 bits per heavy atom. The average molecular weight is 352 g/mol. The first-order chi connectivity index (χ1) is 12.7. The van der Waals surface area contributed by atoms with Gasteiger partial charge in [-0.2, -0.15) is 5.10 Å². The Balaban J connectivity index is 1.37. The summed E-state index contributed by atoms with van der Waals surface area (Å²) in [6, 6.07) is 9.36. The summed E-state index contributed by atoms with van der Waals surface area (Å²) < 4.78 is 0. The summed E-state index contributed by atoms with van der Waals surface area (Å²) in [4.78, 5) is 16.9. The Morgan fingerprint density at radius 2 is 1.81 bits per heavy atom. The molecule has 1 aromatic carbocycles. The van der Waals surface area contributed by atoms with E-state index in [1.165, 1.54) is 5.56 Å². The maximum Gasteiger partial charge on any atom is 0.274 e. The molecule has 0 radical (unpaired) electrons. The van der Waals surface area contributed by atoms with Crippen molar-refractivity contribution in [3.05, 3.63) is 52.8 Å². The van der Waals surface area contributed by atoms with E-state index in [9.17, 15) is 9.90 Å². The Kier molecular flexibility index (Phi) is 4.84. The minimum atomic E-state index is -0.0203. The lowest BCUT2D eigenvalue weighted by Crippen LogP contribution is -2.48. The normalized spacial score (nSPS) is 17.8.